The van der Waals surface area contributed by atoms with Gasteiger partial charge in [0.1, 0.15) is 22.9 Å². The van der Waals surface area contributed by atoms with Crippen molar-refractivity contribution < 1.29 is 0 Å². The Morgan fingerprint density at radius 2 is 1.00 bits per heavy atom. The van der Waals surface area contributed by atoms with Crippen LogP contribution in [-0.4, -0.2) is 54.0 Å². The Hall–Kier alpha value is -7.01. The SMILES string of the molecule is Cc1ccc(-c2nc3cc(-c4ccc5nc(-c6cnc(-c7nc8cc(-c9ccc%10nc(C)n(C)c%10c9)ccc8[nH]7)cn6)n(C)c5c4)ccc3[nH]2)nc1. The van der Waals surface area contributed by atoms with E-state index in [4.69, 9.17) is 24.9 Å². The first kappa shape index (κ1) is 29.9. The number of H-pyrrole nitrogens is 2. The molecule has 0 amide bonds. The lowest BCUT2D eigenvalue weighted by Crippen LogP contribution is -1.97. The Balaban J connectivity index is 0.925. The Morgan fingerprint density at radius 1 is 0.462 bits per heavy atom. The van der Waals surface area contributed by atoms with Gasteiger partial charge in [-0.2, -0.15) is 0 Å². The minimum absolute atomic E-state index is 0.657. The number of aromatic amines is 2. The molecule has 0 unspecified atom stereocenters. The average molecular weight is 678 g/mol. The molecule has 0 bridgehead atoms. The normalized spacial score (nSPS) is 11.8. The predicted octanol–water partition coefficient (Wildman–Crippen LogP) is 8.35. The number of nitrogens with one attached hydrogen (secondary N) is 2. The van der Waals surface area contributed by atoms with Crippen LogP contribution in [0, 0.1) is 13.8 Å². The second-order valence-corrected chi connectivity index (χ2v) is 13.3. The summed E-state index contributed by atoms with van der Waals surface area (Å²) in [7, 11) is 4.05. The number of aryl methyl sites for hydroxylation is 4. The zero-order valence-corrected chi connectivity index (χ0v) is 28.8. The Morgan fingerprint density at radius 3 is 1.62 bits per heavy atom. The van der Waals surface area contributed by atoms with Crippen molar-refractivity contribution in [3.8, 4) is 56.8 Å². The lowest BCUT2D eigenvalue weighted by molar-refractivity contribution is 0.886. The largest absolute Gasteiger partial charge is 0.337 e. The summed E-state index contributed by atoms with van der Waals surface area (Å²) in [5, 5.41) is 0. The molecule has 52 heavy (non-hydrogen) atoms. The van der Waals surface area contributed by atoms with Gasteiger partial charge in [-0.15, -0.1) is 0 Å². The van der Waals surface area contributed by atoms with Crippen LogP contribution in [0.25, 0.3) is 101 Å². The van der Waals surface area contributed by atoms with Crippen molar-refractivity contribution in [2.45, 2.75) is 13.8 Å². The van der Waals surface area contributed by atoms with Gasteiger partial charge in [0.05, 0.1) is 56.5 Å². The third-order valence-electron chi connectivity index (χ3n) is 9.90. The molecule has 0 aliphatic carbocycles. The number of rotatable bonds is 5. The number of imidazole rings is 4. The van der Waals surface area contributed by atoms with E-state index in [0.717, 1.165) is 95.1 Å². The highest BCUT2D eigenvalue weighted by atomic mass is 15.1. The van der Waals surface area contributed by atoms with Crippen molar-refractivity contribution in [3.05, 3.63) is 115 Å². The first-order chi connectivity index (χ1) is 25.3. The summed E-state index contributed by atoms with van der Waals surface area (Å²) < 4.78 is 4.17. The third-order valence-corrected chi connectivity index (χ3v) is 9.90. The molecule has 0 radical (unpaired) electrons. The average Bonchev–Trinajstić information content (AvgIpc) is 3.94. The van der Waals surface area contributed by atoms with Crippen LogP contribution in [0.1, 0.15) is 11.4 Å². The molecule has 250 valence electrons. The van der Waals surface area contributed by atoms with E-state index >= 15 is 0 Å². The zero-order valence-electron chi connectivity index (χ0n) is 28.8. The molecule has 6 aromatic heterocycles. The van der Waals surface area contributed by atoms with E-state index in [1.807, 2.05) is 52.3 Å². The maximum Gasteiger partial charge on any atom is 0.161 e. The molecule has 0 saturated heterocycles. The molecular formula is C41H31N11. The molecule has 2 N–H and O–H groups in total. The van der Waals surface area contributed by atoms with Gasteiger partial charge in [-0.05, 0) is 96.3 Å². The molecule has 0 aliphatic heterocycles. The van der Waals surface area contributed by atoms with E-state index in [0.29, 0.717) is 17.2 Å². The Kier molecular flexibility index (Phi) is 6.46. The fourth-order valence-corrected chi connectivity index (χ4v) is 6.88. The van der Waals surface area contributed by atoms with Crippen LogP contribution in [-0.2, 0) is 14.1 Å². The Bertz CT molecular complexity index is 3000. The minimum Gasteiger partial charge on any atom is -0.337 e. The molecule has 11 heteroatoms. The second kappa shape index (κ2) is 11.3. The van der Waals surface area contributed by atoms with Gasteiger partial charge in [-0.3, -0.25) is 4.98 Å². The molecule has 0 atom stereocenters. The van der Waals surface area contributed by atoms with Gasteiger partial charge < -0.3 is 19.1 Å². The van der Waals surface area contributed by atoms with Crippen LogP contribution < -0.4 is 0 Å². The number of benzene rings is 4. The summed E-state index contributed by atoms with van der Waals surface area (Å²) >= 11 is 0. The fourth-order valence-electron chi connectivity index (χ4n) is 6.88. The Labute approximate surface area is 297 Å². The molecule has 10 aromatic rings. The van der Waals surface area contributed by atoms with Crippen molar-refractivity contribution in [1.29, 1.82) is 0 Å². The highest BCUT2D eigenvalue weighted by Crippen LogP contribution is 2.31. The third kappa shape index (κ3) is 4.85. The number of nitrogens with zero attached hydrogens (tertiary/aromatic N) is 9. The molecule has 10 rings (SSSR count). The quantitative estimate of drug-likeness (QED) is 0.187. The van der Waals surface area contributed by atoms with E-state index in [9.17, 15) is 0 Å². The molecule has 0 aliphatic rings. The van der Waals surface area contributed by atoms with Crippen molar-refractivity contribution in [2.24, 2.45) is 14.1 Å². The van der Waals surface area contributed by atoms with Gasteiger partial charge in [0.2, 0.25) is 0 Å². The monoisotopic (exact) mass is 677 g/mol. The summed E-state index contributed by atoms with van der Waals surface area (Å²) in [6.07, 6.45) is 5.36. The molecule has 0 spiro atoms. The number of fused-ring (bicyclic) bond motifs is 4. The number of hydrogen-bond acceptors (Lipinski definition) is 7. The molecule has 4 aromatic carbocycles. The van der Waals surface area contributed by atoms with E-state index < -0.39 is 0 Å². The van der Waals surface area contributed by atoms with Crippen LogP contribution in [0.3, 0.4) is 0 Å². The van der Waals surface area contributed by atoms with E-state index in [1.54, 1.807) is 12.4 Å². The molecule has 11 nitrogen and oxygen atoms in total. The zero-order chi connectivity index (χ0) is 35.1. The van der Waals surface area contributed by atoms with Gasteiger partial charge in [0.15, 0.2) is 17.5 Å². The van der Waals surface area contributed by atoms with Crippen molar-refractivity contribution in [3.63, 3.8) is 0 Å². The van der Waals surface area contributed by atoms with Crippen LogP contribution in [0.15, 0.2) is 104 Å². The first-order valence-corrected chi connectivity index (χ1v) is 17.0. The first-order valence-electron chi connectivity index (χ1n) is 17.0. The number of hydrogen-bond donors (Lipinski definition) is 2. The van der Waals surface area contributed by atoms with Crippen LogP contribution in [0.5, 0.6) is 0 Å². The highest BCUT2D eigenvalue weighted by Gasteiger charge is 2.16. The summed E-state index contributed by atoms with van der Waals surface area (Å²) in [5.41, 5.74) is 15.2. The van der Waals surface area contributed by atoms with Crippen molar-refractivity contribution >= 4 is 44.1 Å². The standard InChI is InChI=1S/C41H31N11/c1-22-5-10-32(42-19-22)39-46-28-11-6-25(15-33(28)48-39)27-9-14-31-38(18-27)52(4)41(50-31)36-21-43-35(20-44-36)40-47-29-12-7-24(16-34(29)49-40)26-8-13-30-37(17-26)51(3)23(2)45-30/h5-21H,1-4H3,(H,46,48)(H,47,49). The van der Waals surface area contributed by atoms with E-state index in [1.165, 1.54) is 0 Å². The molecule has 0 fully saturated rings. The van der Waals surface area contributed by atoms with Crippen LogP contribution >= 0.6 is 0 Å². The van der Waals surface area contributed by atoms with Gasteiger partial charge >= 0.3 is 0 Å². The maximum absolute atomic E-state index is 4.92. The number of pyridine rings is 1. The van der Waals surface area contributed by atoms with Crippen LogP contribution in [0.2, 0.25) is 0 Å². The summed E-state index contributed by atoms with van der Waals surface area (Å²) in [6, 6.07) is 29.2. The summed E-state index contributed by atoms with van der Waals surface area (Å²) in [5.74, 6) is 3.14. The topological polar surface area (TPSA) is 132 Å². The van der Waals surface area contributed by atoms with Gasteiger partial charge in [-0.1, -0.05) is 30.3 Å². The van der Waals surface area contributed by atoms with E-state index in [-0.39, 0.29) is 0 Å². The highest BCUT2D eigenvalue weighted by molar-refractivity contribution is 5.90. The lowest BCUT2D eigenvalue weighted by Gasteiger charge is -2.04. The van der Waals surface area contributed by atoms with Crippen LogP contribution in [0.4, 0.5) is 0 Å². The smallest absolute Gasteiger partial charge is 0.161 e. The van der Waals surface area contributed by atoms with Gasteiger partial charge in [-0.25, -0.2) is 29.9 Å². The predicted molar refractivity (Wildman–Crippen MR) is 204 cm³/mol. The maximum atomic E-state index is 4.92. The minimum atomic E-state index is 0.657. The second-order valence-electron chi connectivity index (χ2n) is 13.3. The van der Waals surface area contributed by atoms with E-state index in [2.05, 4.69) is 95.8 Å². The fraction of sp³-hybridized carbons (Fsp3) is 0.0976. The van der Waals surface area contributed by atoms with Crippen molar-refractivity contribution in [1.82, 2.24) is 54.0 Å². The summed E-state index contributed by atoms with van der Waals surface area (Å²) in [4.78, 5) is 40.1. The lowest BCUT2D eigenvalue weighted by atomic mass is 10.0. The molecule has 6 heterocycles. The number of aromatic nitrogens is 11. The van der Waals surface area contributed by atoms with Crippen molar-refractivity contribution in [2.75, 3.05) is 0 Å². The molecule has 0 saturated carbocycles. The van der Waals surface area contributed by atoms with Gasteiger partial charge in [0.25, 0.3) is 0 Å². The van der Waals surface area contributed by atoms with Gasteiger partial charge in [0, 0.05) is 20.3 Å². The molecular weight excluding hydrogens is 647 g/mol. The summed E-state index contributed by atoms with van der Waals surface area (Å²) in [6.45, 7) is 4.04.